The Morgan fingerprint density at radius 1 is 1.44 bits per heavy atom. The normalized spacial score (nSPS) is 16.4. The van der Waals surface area contributed by atoms with Crippen molar-refractivity contribution in [1.82, 2.24) is 5.32 Å². The van der Waals surface area contributed by atoms with Crippen LogP contribution in [0, 0.1) is 18.2 Å². The molecule has 0 saturated heterocycles. The number of halogens is 1. The Bertz CT molecular complexity index is 452. The predicted octanol–water partition coefficient (Wildman–Crippen LogP) is 3.44. The highest BCUT2D eigenvalue weighted by atomic mass is 19.1. The Labute approximate surface area is 108 Å². The van der Waals surface area contributed by atoms with Crippen LogP contribution >= 0.6 is 0 Å². The highest BCUT2D eigenvalue weighted by Gasteiger charge is 2.41. The molecule has 0 heterocycles. The van der Waals surface area contributed by atoms with Gasteiger partial charge in [0.05, 0.1) is 0 Å². The van der Waals surface area contributed by atoms with Crippen LogP contribution in [0.1, 0.15) is 48.5 Å². The summed E-state index contributed by atoms with van der Waals surface area (Å²) in [6, 6.07) is 4.49. The molecule has 3 heteroatoms. The molecule has 0 unspecified atom stereocenters. The molecule has 1 aromatic rings. The number of hydrogen-bond donors (Lipinski definition) is 1. The number of nitrogens with one attached hydrogen (secondary N) is 1. The van der Waals surface area contributed by atoms with Crippen molar-refractivity contribution in [3.63, 3.8) is 0 Å². The maximum absolute atomic E-state index is 13.1. The summed E-state index contributed by atoms with van der Waals surface area (Å²) in [6.07, 6.45) is 4.76. The van der Waals surface area contributed by atoms with Crippen molar-refractivity contribution in [2.75, 3.05) is 6.54 Å². The molecule has 1 fully saturated rings. The van der Waals surface area contributed by atoms with Gasteiger partial charge in [0.15, 0.2) is 0 Å². The van der Waals surface area contributed by atoms with Crippen molar-refractivity contribution in [2.45, 2.75) is 39.5 Å². The molecule has 0 radical (unpaired) electrons. The highest BCUT2D eigenvalue weighted by Crippen LogP contribution is 2.48. The quantitative estimate of drug-likeness (QED) is 0.851. The Kier molecular flexibility index (Phi) is 3.69. The first-order chi connectivity index (χ1) is 8.56. The third-order valence-corrected chi connectivity index (χ3v) is 3.78. The Morgan fingerprint density at radius 2 is 2.17 bits per heavy atom. The van der Waals surface area contributed by atoms with Crippen molar-refractivity contribution >= 4 is 5.91 Å². The van der Waals surface area contributed by atoms with E-state index in [1.54, 1.807) is 13.0 Å². The molecule has 1 N–H and O–H groups in total. The van der Waals surface area contributed by atoms with Crippen LogP contribution in [-0.4, -0.2) is 12.5 Å². The Morgan fingerprint density at radius 3 is 2.72 bits per heavy atom. The van der Waals surface area contributed by atoms with Crippen molar-refractivity contribution in [2.24, 2.45) is 5.41 Å². The van der Waals surface area contributed by atoms with Crippen LogP contribution in [0.2, 0.25) is 0 Å². The zero-order valence-electron chi connectivity index (χ0n) is 11.1. The van der Waals surface area contributed by atoms with Crippen molar-refractivity contribution < 1.29 is 9.18 Å². The molecule has 18 heavy (non-hydrogen) atoms. The summed E-state index contributed by atoms with van der Waals surface area (Å²) in [4.78, 5) is 12.0. The first-order valence-corrected chi connectivity index (χ1v) is 6.61. The molecule has 1 aliphatic rings. The molecule has 0 bridgehead atoms. The zero-order chi connectivity index (χ0) is 13.2. The van der Waals surface area contributed by atoms with Gasteiger partial charge in [0, 0.05) is 12.1 Å². The van der Waals surface area contributed by atoms with E-state index in [0.717, 1.165) is 13.0 Å². The maximum Gasteiger partial charge on any atom is 0.251 e. The lowest BCUT2D eigenvalue weighted by Gasteiger charge is -2.15. The minimum Gasteiger partial charge on any atom is -0.351 e. The summed E-state index contributed by atoms with van der Waals surface area (Å²) in [5.74, 6) is -0.364. The van der Waals surface area contributed by atoms with E-state index in [2.05, 4.69) is 12.2 Å². The Hall–Kier alpha value is -1.38. The number of aryl methyl sites for hydroxylation is 1. The van der Waals surface area contributed by atoms with Gasteiger partial charge in [-0.05, 0) is 55.4 Å². The molecule has 0 spiro atoms. The van der Waals surface area contributed by atoms with Gasteiger partial charge in [-0.15, -0.1) is 0 Å². The number of carbonyl (C=O) groups excluding carboxylic acids is 1. The van der Waals surface area contributed by atoms with Crippen molar-refractivity contribution in [3.05, 3.63) is 35.1 Å². The number of carbonyl (C=O) groups is 1. The third-order valence-electron chi connectivity index (χ3n) is 3.78. The molecule has 0 aromatic heterocycles. The fourth-order valence-corrected chi connectivity index (χ4v) is 2.38. The molecule has 1 saturated carbocycles. The van der Waals surface area contributed by atoms with Gasteiger partial charge in [0.1, 0.15) is 5.82 Å². The van der Waals surface area contributed by atoms with E-state index in [1.165, 1.54) is 31.4 Å². The molecular formula is C15H20FNO. The van der Waals surface area contributed by atoms with E-state index in [0.29, 0.717) is 16.5 Å². The minimum atomic E-state index is -0.267. The Balaban J connectivity index is 1.93. The maximum atomic E-state index is 13.1. The third kappa shape index (κ3) is 2.89. The van der Waals surface area contributed by atoms with E-state index < -0.39 is 0 Å². The largest absolute Gasteiger partial charge is 0.351 e. The van der Waals surface area contributed by atoms with Crippen molar-refractivity contribution in [3.8, 4) is 0 Å². The fraction of sp³-hybridized carbons (Fsp3) is 0.533. The van der Waals surface area contributed by atoms with Crippen molar-refractivity contribution in [1.29, 1.82) is 0 Å². The molecule has 2 nitrogen and oxygen atoms in total. The van der Waals surface area contributed by atoms with Crippen LogP contribution in [0.25, 0.3) is 0 Å². The molecule has 1 aliphatic carbocycles. The molecular weight excluding hydrogens is 229 g/mol. The molecule has 1 aromatic carbocycles. The van der Waals surface area contributed by atoms with E-state index in [4.69, 9.17) is 0 Å². The standard InChI is InChI=1S/C15H20FNO/c1-3-6-15(7-8-15)10-17-14(18)12-4-5-13(16)11(2)9-12/h4-5,9H,3,6-8,10H2,1-2H3,(H,17,18). The summed E-state index contributed by atoms with van der Waals surface area (Å²) in [6.45, 7) is 4.59. The van der Waals surface area contributed by atoms with Gasteiger partial charge in [0.2, 0.25) is 0 Å². The summed E-state index contributed by atoms with van der Waals surface area (Å²) in [5.41, 5.74) is 1.40. The van der Waals surface area contributed by atoms with Gasteiger partial charge in [-0.25, -0.2) is 4.39 Å². The smallest absolute Gasteiger partial charge is 0.251 e. The van der Waals surface area contributed by atoms with E-state index in [1.807, 2.05) is 0 Å². The molecule has 2 rings (SSSR count). The summed E-state index contributed by atoms with van der Waals surface area (Å²) in [7, 11) is 0. The molecule has 0 atom stereocenters. The monoisotopic (exact) mass is 249 g/mol. The predicted molar refractivity (Wildman–Crippen MR) is 70.0 cm³/mol. The van der Waals surface area contributed by atoms with E-state index >= 15 is 0 Å². The van der Waals surface area contributed by atoms with Gasteiger partial charge in [0.25, 0.3) is 5.91 Å². The van der Waals surface area contributed by atoms with Crippen LogP contribution in [0.3, 0.4) is 0 Å². The van der Waals surface area contributed by atoms with E-state index in [9.17, 15) is 9.18 Å². The first-order valence-electron chi connectivity index (χ1n) is 6.61. The number of benzene rings is 1. The van der Waals surface area contributed by atoms with Gasteiger partial charge in [-0.1, -0.05) is 13.3 Å². The lowest BCUT2D eigenvalue weighted by atomic mass is 10.0. The highest BCUT2D eigenvalue weighted by molar-refractivity contribution is 5.94. The topological polar surface area (TPSA) is 29.1 Å². The second-order valence-corrected chi connectivity index (χ2v) is 5.40. The van der Waals surface area contributed by atoms with Crippen LogP contribution < -0.4 is 5.32 Å². The van der Waals surface area contributed by atoms with Gasteiger partial charge >= 0.3 is 0 Å². The summed E-state index contributed by atoms with van der Waals surface area (Å²) < 4.78 is 13.1. The second kappa shape index (κ2) is 5.09. The van der Waals surface area contributed by atoms with Crippen LogP contribution in [0.5, 0.6) is 0 Å². The first kappa shape index (κ1) is 13.1. The number of rotatable bonds is 5. The average Bonchev–Trinajstić information content (AvgIpc) is 3.11. The number of amides is 1. The van der Waals surface area contributed by atoms with Gasteiger partial charge < -0.3 is 5.32 Å². The van der Waals surface area contributed by atoms with Crippen LogP contribution in [-0.2, 0) is 0 Å². The minimum absolute atomic E-state index is 0.0968. The lowest BCUT2D eigenvalue weighted by Crippen LogP contribution is -2.30. The zero-order valence-corrected chi connectivity index (χ0v) is 11.1. The molecule has 0 aliphatic heterocycles. The van der Waals surface area contributed by atoms with Crippen LogP contribution in [0.4, 0.5) is 4.39 Å². The van der Waals surface area contributed by atoms with E-state index in [-0.39, 0.29) is 11.7 Å². The summed E-state index contributed by atoms with van der Waals surface area (Å²) >= 11 is 0. The fourth-order valence-electron chi connectivity index (χ4n) is 2.38. The van der Waals surface area contributed by atoms with Crippen LogP contribution in [0.15, 0.2) is 18.2 Å². The SMILES string of the molecule is CCCC1(CNC(=O)c2ccc(F)c(C)c2)CC1. The van der Waals surface area contributed by atoms with Gasteiger partial charge in [-0.2, -0.15) is 0 Å². The number of hydrogen-bond acceptors (Lipinski definition) is 1. The lowest BCUT2D eigenvalue weighted by molar-refractivity contribution is 0.0943. The average molecular weight is 249 g/mol. The van der Waals surface area contributed by atoms with Gasteiger partial charge in [-0.3, -0.25) is 4.79 Å². The second-order valence-electron chi connectivity index (χ2n) is 5.40. The molecule has 98 valence electrons. The molecule has 1 amide bonds. The summed E-state index contributed by atoms with van der Waals surface area (Å²) in [5, 5.41) is 2.97.